The number of esters is 2. The van der Waals surface area contributed by atoms with Gasteiger partial charge in [-0.1, -0.05) is 286 Å². The highest BCUT2D eigenvalue weighted by Gasteiger charge is 2.22. The van der Waals surface area contributed by atoms with Crippen LogP contribution in [-0.4, -0.2) is 82.3 Å². The number of hydrogen-bond donors (Lipinski definition) is 0. The number of carboxylic acids is 1. The number of unbranched alkanes of at least 4 members (excludes halogenated alkanes) is 39. The fourth-order valence-electron chi connectivity index (χ4n) is 9.93. The number of nitrogens with zero attached hydrogens (tertiary/aromatic N) is 1. The summed E-state index contributed by atoms with van der Waals surface area (Å²) in [7, 11) is 5.94. The van der Waals surface area contributed by atoms with Gasteiger partial charge in [-0.2, -0.15) is 0 Å². The predicted molar refractivity (Wildman–Crippen MR) is 343 cm³/mol. The average molecular weight is 1140 g/mol. The van der Waals surface area contributed by atoms with Gasteiger partial charge in [0.05, 0.1) is 40.3 Å². The summed E-state index contributed by atoms with van der Waals surface area (Å²) in [4.78, 5) is 37.5. The van der Waals surface area contributed by atoms with E-state index in [0.717, 1.165) is 51.4 Å². The minimum absolute atomic E-state index is 0.148. The van der Waals surface area contributed by atoms with Crippen LogP contribution in [0.5, 0.6) is 0 Å². The number of quaternary nitrogens is 1. The summed E-state index contributed by atoms with van der Waals surface area (Å²) < 4.78 is 22.8. The van der Waals surface area contributed by atoms with Gasteiger partial charge in [0, 0.05) is 12.8 Å². The second kappa shape index (κ2) is 63.0. The van der Waals surface area contributed by atoms with E-state index in [0.29, 0.717) is 23.9 Å². The second-order valence-corrected chi connectivity index (χ2v) is 24.5. The van der Waals surface area contributed by atoms with Crippen LogP contribution in [0.3, 0.4) is 0 Å². The minimum Gasteiger partial charge on any atom is -0.545 e. The summed E-state index contributed by atoms with van der Waals surface area (Å²) in [5.41, 5.74) is 0. The first kappa shape index (κ1) is 78.0. The van der Waals surface area contributed by atoms with Crippen LogP contribution in [0.2, 0.25) is 0 Å². The SMILES string of the molecule is CCCCCCC/C=C\C/C=C\C/C=C\CCCCCCCCCCCCCCCCCCC(=O)OC(COC(=O)CCCCCCCCCCCCCCC/C=C\C/C=C\CCCCCCC)COC(OCC[N+](C)(C)C)C(=O)[O-]. The van der Waals surface area contributed by atoms with Crippen molar-refractivity contribution in [2.24, 2.45) is 0 Å². The molecule has 0 aromatic heterocycles. The van der Waals surface area contributed by atoms with E-state index in [1.54, 1.807) is 0 Å². The average Bonchev–Trinajstić information content (AvgIpc) is 3.44. The van der Waals surface area contributed by atoms with Crippen molar-refractivity contribution in [1.29, 1.82) is 0 Å². The lowest BCUT2D eigenvalue weighted by Crippen LogP contribution is -2.44. The lowest BCUT2D eigenvalue weighted by Gasteiger charge is -2.26. The molecule has 0 fully saturated rings. The molecule has 0 aliphatic heterocycles. The van der Waals surface area contributed by atoms with Crippen molar-refractivity contribution in [3.05, 3.63) is 60.8 Å². The highest BCUT2D eigenvalue weighted by molar-refractivity contribution is 5.70. The molecule has 0 amide bonds. The number of likely N-dealkylation sites (N-methyl/N-ethyl adjacent to an activating group) is 1. The van der Waals surface area contributed by atoms with Crippen LogP contribution in [0.4, 0.5) is 0 Å². The molecule has 2 unspecified atom stereocenters. The lowest BCUT2D eigenvalue weighted by molar-refractivity contribution is -0.870. The van der Waals surface area contributed by atoms with Crippen molar-refractivity contribution in [2.75, 3.05) is 47.5 Å². The van der Waals surface area contributed by atoms with Gasteiger partial charge in [0.2, 0.25) is 0 Å². The Morgan fingerprint density at radius 1 is 0.370 bits per heavy atom. The number of carboxylic acid groups (broad SMARTS) is 1. The second-order valence-electron chi connectivity index (χ2n) is 24.5. The van der Waals surface area contributed by atoms with Gasteiger partial charge in [-0.05, 0) is 83.5 Å². The Hall–Kier alpha value is -3.01. The van der Waals surface area contributed by atoms with Crippen molar-refractivity contribution < 1.29 is 42.9 Å². The molecule has 9 heteroatoms. The molecule has 2 atom stereocenters. The van der Waals surface area contributed by atoms with Crippen LogP contribution in [0.25, 0.3) is 0 Å². The molecule has 0 heterocycles. The van der Waals surface area contributed by atoms with Gasteiger partial charge in [-0.25, -0.2) is 0 Å². The predicted octanol–water partition coefficient (Wildman–Crippen LogP) is 19.8. The molecule has 0 saturated heterocycles. The molecular weight excluding hydrogens is 1010 g/mol. The summed E-state index contributed by atoms with van der Waals surface area (Å²) in [5, 5.41) is 11.8. The normalized spacial score (nSPS) is 13.0. The van der Waals surface area contributed by atoms with E-state index in [1.807, 2.05) is 21.1 Å². The molecule has 81 heavy (non-hydrogen) atoms. The molecule has 0 N–H and O–H groups in total. The molecule has 0 aliphatic rings. The molecule has 0 spiro atoms. The Kier molecular flexibility index (Phi) is 60.7. The van der Waals surface area contributed by atoms with E-state index in [1.165, 1.54) is 238 Å². The number of ether oxygens (including phenoxy) is 4. The van der Waals surface area contributed by atoms with Gasteiger partial charge in [-0.3, -0.25) is 9.59 Å². The zero-order valence-electron chi connectivity index (χ0n) is 53.9. The third kappa shape index (κ3) is 64.4. The highest BCUT2D eigenvalue weighted by Crippen LogP contribution is 2.18. The van der Waals surface area contributed by atoms with Crippen LogP contribution in [-0.2, 0) is 33.3 Å². The topological polar surface area (TPSA) is 111 Å². The van der Waals surface area contributed by atoms with E-state index in [2.05, 4.69) is 74.6 Å². The molecule has 0 rings (SSSR count). The molecule has 0 aromatic rings. The largest absolute Gasteiger partial charge is 0.545 e. The van der Waals surface area contributed by atoms with Crippen molar-refractivity contribution in [3.63, 3.8) is 0 Å². The molecule has 9 nitrogen and oxygen atoms in total. The smallest absolute Gasteiger partial charge is 0.306 e. The van der Waals surface area contributed by atoms with Gasteiger partial charge < -0.3 is 33.3 Å². The Morgan fingerprint density at radius 3 is 0.988 bits per heavy atom. The zero-order chi connectivity index (χ0) is 59.1. The van der Waals surface area contributed by atoms with Crippen LogP contribution >= 0.6 is 0 Å². The molecule has 472 valence electrons. The van der Waals surface area contributed by atoms with Crippen LogP contribution in [0.15, 0.2) is 60.8 Å². The zero-order valence-corrected chi connectivity index (χ0v) is 53.9. The van der Waals surface area contributed by atoms with Crippen molar-refractivity contribution in [1.82, 2.24) is 0 Å². The van der Waals surface area contributed by atoms with Crippen LogP contribution < -0.4 is 5.11 Å². The van der Waals surface area contributed by atoms with E-state index in [9.17, 15) is 19.5 Å². The fourth-order valence-corrected chi connectivity index (χ4v) is 9.93. The molecule has 0 aliphatic carbocycles. The molecule has 0 radical (unpaired) electrons. The number of carbonyl (C=O) groups excluding carboxylic acids is 3. The van der Waals surface area contributed by atoms with Gasteiger partial charge >= 0.3 is 11.9 Å². The monoisotopic (exact) mass is 1140 g/mol. The summed E-state index contributed by atoms with van der Waals surface area (Å²) in [6, 6.07) is 0. The lowest BCUT2D eigenvalue weighted by atomic mass is 10.0. The summed E-state index contributed by atoms with van der Waals surface area (Å²) in [6.45, 7) is 4.77. The van der Waals surface area contributed by atoms with E-state index < -0.39 is 24.3 Å². The maximum absolute atomic E-state index is 12.9. The molecular formula is C72H131NO8. The van der Waals surface area contributed by atoms with Crippen molar-refractivity contribution >= 4 is 17.9 Å². The standard InChI is InChI=1S/C72H131NO8/c1-6-8-10-12-14-16-18-20-22-24-26-28-30-32-33-34-35-36-37-39-41-43-45-47-49-51-53-55-57-59-61-63-70(75)81-68(67-80-72(71(76)77)78-65-64-73(3,4)5)66-79-69(74)62-60-58-56-54-52-50-48-46-44-42-40-38-31-29-27-25-23-21-19-17-15-13-11-9-7-2/h18-21,24-27,30,32,68,72H,6-17,22-23,28-29,31,33-67H2,1-5H3/b20-18-,21-19-,26-24-,27-25-,32-30-. The first-order chi connectivity index (χ1) is 39.6. The summed E-state index contributed by atoms with van der Waals surface area (Å²) in [5.74, 6) is -2.27. The van der Waals surface area contributed by atoms with Crippen molar-refractivity contribution in [2.45, 2.75) is 334 Å². The first-order valence-corrected chi connectivity index (χ1v) is 34.4. The summed E-state index contributed by atoms with van der Waals surface area (Å²) in [6.07, 6.45) is 78.6. The number of allylic oxidation sites excluding steroid dienone is 10. The Morgan fingerprint density at radius 2 is 0.667 bits per heavy atom. The van der Waals surface area contributed by atoms with Gasteiger partial charge in [0.25, 0.3) is 0 Å². The Bertz CT molecular complexity index is 1510. The van der Waals surface area contributed by atoms with Gasteiger partial charge in [0.15, 0.2) is 12.4 Å². The third-order valence-electron chi connectivity index (χ3n) is 15.2. The minimum atomic E-state index is -1.62. The van der Waals surface area contributed by atoms with Crippen LogP contribution in [0, 0.1) is 0 Å². The Labute approximate surface area is 501 Å². The van der Waals surface area contributed by atoms with E-state index >= 15 is 0 Å². The van der Waals surface area contributed by atoms with E-state index in [4.69, 9.17) is 18.9 Å². The number of carbonyl (C=O) groups is 3. The summed E-state index contributed by atoms with van der Waals surface area (Å²) >= 11 is 0. The number of aliphatic carboxylic acids is 1. The fraction of sp³-hybridized carbons (Fsp3) is 0.819. The van der Waals surface area contributed by atoms with Gasteiger partial charge in [0.1, 0.15) is 13.2 Å². The quantitative estimate of drug-likeness (QED) is 0.0195. The maximum atomic E-state index is 12.9. The molecule has 0 saturated carbocycles. The third-order valence-corrected chi connectivity index (χ3v) is 15.2. The molecule has 0 bridgehead atoms. The maximum Gasteiger partial charge on any atom is 0.306 e. The number of rotatable bonds is 64. The number of hydrogen-bond acceptors (Lipinski definition) is 8. The van der Waals surface area contributed by atoms with Crippen LogP contribution in [0.1, 0.15) is 322 Å². The van der Waals surface area contributed by atoms with E-state index in [-0.39, 0.29) is 32.2 Å². The Balaban J connectivity index is 4.11. The van der Waals surface area contributed by atoms with Gasteiger partial charge in [-0.15, -0.1) is 0 Å². The first-order valence-electron chi connectivity index (χ1n) is 34.4. The molecule has 0 aromatic carbocycles. The highest BCUT2D eigenvalue weighted by atomic mass is 16.7. The van der Waals surface area contributed by atoms with Crippen molar-refractivity contribution in [3.8, 4) is 0 Å².